The van der Waals surface area contributed by atoms with Crippen molar-refractivity contribution in [2.45, 2.75) is 36.5 Å². The van der Waals surface area contributed by atoms with Gasteiger partial charge >= 0.3 is 6.18 Å². The van der Waals surface area contributed by atoms with Crippen LogP contribution in [0.2, 0.25) is 5.02 Å². The Morgan fingerprint density at radius 2 is 2.03 bits per heavy atom. The molecule has 1 unspecified atom stereocenters. The summed E-state index contributed by atoms with van der Waals surface area (Å²) in [5, 5.41) is 2.85. The van der Waals surface area contributed by atoms with Crippen molar-refractivity contribution in [3.8, 4) is 0 Å². The lowest BCUT2D eigenvalue weighted by Crippen LogP contribution is -2.27. The highest BCUT2D eigenvalue weighted by molar-refractivity contribution is 8.00. The molecule has 0 aliphatic rings. The second-order valence-corrected chi connectivity index (χ2v) is 8.93. The first-order valence-corrected chi connectivity index (χ1v) is 11.2. The van der Waals surface area contributed by atoms with Crippen molar-refractivity contribution in [2.24, 2.45) is 0 Å². The molecular formula is C22H21ClF3N3O3S. The number of carbonyl (C=O) groups excluding carboxylic acids is 1. The Morgan fingerprint density at radius 3 is 2.73 bits per heavy atom. The van der Waals surface area contributed by atoms with Gasteiger partial charge in [0.25, 0.3) is 5.56 Å². The number of nitrogens with zero attached hydrogens (tertiary/aromatic N) is 2. The standard InChI is InChI=1S/C22H21ClF3N3O3S/c1-13(19(30)27-16-6-3-5-14(11-16)22(24,25)26)33-21-28-18-12-15(23)7-8-17(18)20(31)29(21)9-4-10-32-2/h3,5-8,11-13H,4,9-10H2,1-2H3,(H,27,30). The van der Waals surface area contributed by atoms with Crippen LogP contribution >= 0.6 is 23.4 Å². The van der Waals surface area contributed by atoms with Gasteiger partial charge in [-0.1, -0.05) is 29.4 Å². The highest BCUT2D eigenvalue weighted by Gasteiger charge is 2.30. The maximum atomic E-state index is 13.0. The first-order chi connectivity index (χ1) is 15.6. The van der Waals surface area contributed by atoms with Crippen molar-refractivity contribution >= 4 is 45.9 Å². The highest BCUT2D eigenvalue weighted by atomic mass is 35.5. The Morgan fingerprint density at radius 1 is 1.27 bits per heavy atom. The number of benzene rings is 2. The zero-order valence-electron chi connectivity index (χ0n) is 17.8. The summed E-state index contributed by atoms with van der Waals surface area (Å²) >= 11 is 7.07. The predicted molar refractivity (Wildman–Crippen MR) is 123 cm³/mol. The topological polar surface area (TPSA) is 73.2 Å². The number of fused-ring (bicyclic) bond motifs is 1. The SMILES string of the molecule is COCCCn1c(SC(C)C(=O)Nc2cccc(C(F)(F)F)c2)nc2cc(Cl)ccc2c1=O. The van der Waals surface area contributed by atoms with Gasteiger partial charge in [-0.2, -0.15) is 13.2 Å². The molecule has 1 amide bonds. The minimum absolute atomic E-state index is 0.0259. The third-order valence-corrected chi connectivity index (χ3v) is 6.05. The van der Waals surface area contributed by atoms with Crippen LogP contribution in [-0.4, -0.2) is 34.4 Å². The second-order valence-electron chi connectivity index (χ2n) is 7.19. The van der Waals surface area contributed by atoms with Crippen LogP contribution in [0.5, 0.6) is 0 Å². The molecule has 1 atom stereocenters. The number of alkyl halides is 3. The van der Waals surface area contributed by atoms with E-state index in [9.17, 15) is 22.8 Å². The summed E-state index contributed by atoms with van der Waals surface area (Å²) in [6.07, 6.45) is -3.97. The van der Waals surface area contributed by atoms with Gasteiger partial charge in [-0.05, 0) is 49.7 Å². The molecule has 3 rings (SSSR count). The molecule has 0 aliphatic heterocycles. The molecule has 0 saturated heterocycles. The lowest BCUT2D eigenvalue weighted by molar-refractivity contribution is -0.137. The average molecular weight is 500 g/mol. The zero-order valence-corrected chi connectivity index (χ0v) is 19.4. The van der Waals surface area contributed by atoms with Gasteiger partial charge in [0, 0.05) is 31.0 Å². The van der Waals surface area contributed by atoms with Gasteiger partial charge in [0.05, 0.1) is 21.7 Å². The number of halogens is 4. The van der Waals surface area contributed by atoms with E-state index in [-0.39, 0.29) is 11.2 Å². The lowest BCUT2D eigenvalue weighted by atomic mass is 10.2. The van der Waals surface area contributed by atoms with E-state index in [1.165, 1.54) is 16.7 Å². The summed E-state index contributed by atoms with van der Waals surface area (Å²) < 4.78 is 45.4. The summed E-state index contributed by atoms with van der Waals surface area (Å²) in [5.74, 6) is -0.525. The number of thioether (sulfide) groups is 1. The lowest BCUT2D eigenvalue weighted by Gasteiger charge is -2.17. The van der Waals surface area contributed by atoms with Crippen LogP contribution in [-0.2, 0) is 22.3 Å². The van der Waals surface area contributed by atoms with Gasteiger partial charge in [0.2, 0.25) is 5.91 Å². The fraction of sp³-hybridized carbons (Fsp3) is 0.318. The molecular weight excluding hydrogens is 479 g/mol. The predicted octanol–water partition coefficient (Wildman–Crippen LogP) is 5.22. The Balaban J connectivity index is 1.87. The molecule has 33 heavy (non-hydrogen) atoms. The average Bonchev–Trinajstić information content (AvgIpc) is 2.75. The van der Waals surface area contributed by atoms with Crippen molar-refractivity contribution in [1.29, 1.82) is 0 Å². The largest absolute Gasteiger partial charge is 0.416 e. The molecule has 1 aromatic heterocycles. The molecule has 2 aromatic carbocycles. The van der Waals surface area contributed by atoms with E-state index in [2.05, 4.69) is 10.3 Å². The molecule has 11 heteroatoms. The molecule has 3 aromatic rings. The summed E-state index contributed by atoms with van der Waals surface area (Å²) in [6, 6.07) is 9.15. The van der Waals surface area contributed by atoms with E-state index in [0.717, 1.165) is 23.9 Å². The number of aromatic nitrogens is 2. The minimum Gasteiger partial charge on any atom is -0.385 e. The van der Waals surface area contributed by atoms with E-state index in [0.29, 0.717) is 40.7 Å². The molecule has 0 saturated carbocycles. The van der Waals surface area contributed by atoms with Crippen molar-refractivity contribution in [3.05, 3.63) is 63.4 Å². The number of ether oxygens (including phenoxy) is 1. The van der Waals surface area contributed by atoms with Crippen molar-refractivity contribution in [2.75, 3.05) is 19.0 Å². The molecule has 0 bridgehead atoms. The van der Waals surface area contributed by atoms with Gasteiger partial charge in [-0.15, -0.1) is 0 Å². The Kier molecular flexibility index (Phi) is 8.04. The quantitative estimate of drug-likeness (QED) is 0.261. The molecule has 6 nitrogen and oxygen atoms in total. The molecule has 0 spiro atoms. The summed E-state index contributed by atoms with van der Waals surface area (Å²) in [6.45, 7) is 2.34. The van der Waals surface area contributed by atoms with Gasteiger partial charge in [0.1, 0.15) is 0 Å². The number of amides is 1. The number of methoxy groups -OCH3 is 1. The van der Waals surface area contributed by atoms with Crippen LogP contribution < -0.4 is 10.9 Å². The summed E-state index contributed by atoms with van der Waals surface area (Å²) in [5.41, 5.74) is -0.720. The van der Waals surface area contributed by atoms with Crippen LogP contribution in [0.1, 0.15) is 18.9 Å². The summed E-state index contributed by atoms with van der Waals surface area (Å²) in [7, 11) is 1.55. The third-order valence-electron chi connectivity index (χ3n) is 4.72. The van der Waals surface area contributed by atoms with Gasteiger partial charge in [-0.25, -0.2) is 4.98 Å². The number of hydrogen-bond donors (Lipinski definition) is 1. The number of nitrogens with one attached hydrogen (secondary N) is 1. The van der Waals surface area contributed by atoms with Crippen LogP contribution in [0, 0.1) is 0 Å². The third kappa shape index (κ3) is 6.27. The normalized spacial score (nSPS) is 12.7. The van der Waals surface area contributed by atoms with Crippen LogP contribution in [0.4, 0.5) is 18.9 Å². The second kappa shape index (κ2) is 10.6. The number of hydrogen-bond acceptors (Lipinski definition) is 5. The van der Waals surface area contributed by atoms with Crippen LogP contribution in [0.3, 0.4) is 0 Å². The number of carbonyl (C=O) groups is 1. The monoisotopic (exact) mass is 499 g/mol. The van der Waals surface area contributed by atoms with Gasteiger partial charge in [-0.3, -0.25) is 14.2 Å². The maximum absolute atomic E-state index is 13.0. The van der Waals surface area contributed by atoms with Crippen molar-refractivity contribution in [1.82, 2.24) is 9.55 Å². The maximum Gasteiger partial charge on any atom is 0.416 e. The number of rotatable bonds is 8. The van der Waals surface area contributed by atoms with Gasteiger partial charge < -0.3 is 10.1 Å². The molecule has 0 fully saturated rings. The number of anilines is 1. The molecule has 1 heterocycles. The Bertz CT molecular complexity index is 1220. The van der Waals surface area contributed by atoms with Gasteiger partial charge in [0.15, 0.2) is 5.16 Å². The van der Waals surface area contributed by atoms with E-state index in [1.807, 2.05) is 0 Å². The molecule has 176 valence electrons. The fourth-order valence-corrected chi connectivity index (χ4v) is 4.16. The minimum atomic E-state index is -4.52. The van der Waals surface area contributed by atoms with E-state index in [1.54, 1.807) is 32.2 Å². The first-order valence-electron chi connectivity index (χ1n) is 9.94. The van der Waals surface area contributed by atoms with Crippen LogP contribution in [0.15, 0.2) is 52.4 Å². The Labute approximate surface area is 197 Å². The van der Waals surface area contributed by atoms with E-state index >= 15 is 0 Å². The van der Waals surface area contributed by atoms with E-state index < -0.39 is 22.9 Å². The Hall–Kier alpha value is -2.56. The van der Waals surface area contributed by atoms with E-state index in [4.69, 9.17) is 16.3 Å². The zero-order chi connectivity index (χ0) is 24.2. The first kappa shape index (κ1) is 25.1. The molecule has 0 aliphatic carbocycles. The van der Waals surface area contributed by atoms with Crippen LogP contribution in [0.25, 0.3) is 10.9 Å². The molecule has 0 radical (unpaired) electrons. The summed E-state index contributed by atoms with van der Waals surface area (Å²) in [4.78, 5) is 30.3. The highest BCUT2D eigenvalue weighted by Crippen LogP contribution is 2.31. The fourth-order valence-electron chi connectivity index (χ4n) is 3.06. The van der Waals surface area contributed by atoms with Crippen molar-refractivity contribution in [3.63, 3.8) is 0 Å². The smallest absolute Gasteiger partial charge is 0.385 e. The molecule has 1 N–H and O–H groups in total. The van der Waals surface area contributed by atoms with Crippen molar-refractivity contribution < 1.29 is 22.7 Å².